The number of hydrogen-bond donors (Lipinski definition) is 0. The van der Waals surface area contributed by atoms with Crippen LogP contribution in [0.1, 0.15) is 27.2 Å². The molecule has 2 rings (SSSR count). The number of halogens is 1. The molecule has 138 valence electrons. The van der Waals surface area contributed by atoms with Crippen LogP contribution < -0.4 is 9.64 Å². The fourth-order valence-corrected chi connectivity index (χ4v) is 3.08. The molecule has 0 aliphatic carbocycles. The number of anilines is 1. The second-order valence-electron chi connectivity index (χ2n) is 7.12. The van der Waals surface area contributed by atoms with Gasteiger partial charge in [0.2, 0.25) is 0 Å². The minimum Gasteiger partial charge on any atom is -0.495 e. The van der Waals surface area contributed by atoms with E-state index in [1.54, 1.807) is 12.0 Å². The van der Waals surface area contributed by atoms with Crippen molar-refractivity contribution < 1.29 is 14.3 Å². The topological polar surface area (TPSA) is 42.0 Å². The molecule has 0 bridgehead atoms. The maximum absolute atomic E-state index is 12.5. The van der Waals surface area contributed by atoms with Crippen molar-refractivity contribution in [1.29, 1.82) is 0 Å². The van der Waals surface area contributed by atoms with Crippen LogP contribution in [0, 0.1) is 0 Å². The standard InChI is InChI=1S/C19H27ClN2O3/c1-6-7-15-13-21(14-8-9-16(20)17(12-14)24-5)10-11-22(15)18(23)25-19(2,3)4/h6,8-9,12,15H,1,7,10-11,13H2,2-5H3. The number of rotatable bonds is 4. The molecular formula is C19H27ClN2O3. The zero-order valence-corrected chi connectivity index (χ0v) is 16.2. The first-order chi connectivity index (χ1) is 11.7. The van der Waals surface area contributed by atoms with Crippen LogP contribution in [0.3, 0.4) is 0 Å². The minimum absolute atomic E-state index is 0.0165. The lowest BCUT2D eigenvalue weighted by Crippen LogP contribution is -2.56. The predicted molar refractivity (Wildman–Crippen MR) is 102 cm³/mol. The molecule has 0 N–H and O–H groups in total. The highest BCUT2D eigenvalue weighted by Gasteiger charge is 2.32. The van der Waals surface area contributed by atoms with E-state index in [2.05, 4.69) is 11.5 Å². The molecule has 0 spiro atoms. The monoisotopic (exact) mass is 366 g/mol. The number of ether oxygens (including phenoxy) is 2. The zero-order chi connectivity index (χ0) is 18.6. The van der Waals surface area contributed by atoms with E-state index in [9.17, 15) is 4.79 Å². The largest absolute Gasteiger partial charge is 0.495 e. The van der Waals surface area contributed by atoms with Gasteiger partial charge in [-0.15, -0.1) is 6.58 Å². The summed E-state index contributed by atoms with van der Waals surface area (Å²) in [5.74, 6) is 0.647. The van der Waals surface area contributed by atoms with Crippen LogP contribution in [0.4, 0.5) is 10.5 Å². The predicted octanol–water partition coefficient (Wildman–Crippen LogP) is 4.35. The highest BCUT2D eigenvalue weighted by molar-refractivity contribution is 6.32. The van der Waals surface area contributed by atoms with Gasteiger partial charge in [-0.25, -0.2) is 4.79 Å². The second-order valence-corrected chi connectivity index (χ2v) is 7.52. The fraction of sp³-hybridized carbons (Fsp3) is 0.526. The van der Waals surface area contributed by atoms with Crippen molar-refractivity contribution >= 4 is 23.4 Å². The van der Waals surface area contributed by atoms with Crippen LogP contribution in [-0.4, -0.2) is 49.4 Å². The quantitative estimate of drug-likeness (QED) is 0.743. The number of carbonyl (C=O) groups is 1. The van der Waals surface area contributed by atoms with E-state index in [1.165, 1.54) is 0 Å². The molecule has 1 atom stereocenters. The molecule has 1 saturated heterocycles. The Hall–Kier alpha value is -1.88. The number of benzene rings is 1. The highest BCUT2D eigenvalue weighted by atomic mass is 35.5. The van der Waals surface area contributed by atoms with Crippen molar-refractivity contribution in [2.75, 3.05) is 31.6 Å². The van der Waals surface area contributed by atoms with Gasteiger partial charge in [0.15, 0.2) is 0 Å². The van der Waals surface area contributed by atoms with E-state index < -0.39 is 5.60 Å². The zero-order valence-electron chi connectivity index (χ0n) is 15.4. The van der Waals surface area contributed by atoms with Gasteiger partial charge in [-0.2, -0.15) is 0 Å². The van der Waals surface area contributed by atoms with Gasteiger partial charge in [0.25, 0.3) is 0 Å². The van der Waals surface area contributed by atoms with E-state index in [0.29, 0.717) is 30.3 Å². The third kappa shape index (κ3) is 5.05. The minimum atomic E-state index is -0.503. The maximum atomic E-state index is 12.5. The van der Waals surface area contributed by atoms with E-state index in [4.69, 9.17) is 21.1 Å². The Morgan fingerprint density at radius 1 is 1.40 bits per heavy atom. The maximum Gasteiger partial charge on any atom is 0.410 e. The van der Waals surface area contributed by atoms with Crippen molar-refractivity contribution in [2.45, 2.75) is 38.8 Å². The number of piperazine rings is 1. The summed E-state index contributed by atoms with van der Waals surface area (Å²) in [5.41, 5.74) is 0.524. The van der Waals surface area contributed by atoms with Crippen LogP contribution in [0.25, 0.3) is 0 Å². The van der Waals surface area contributed by atoms with Crippen LogP contribution in [0.2, 0.25) is 5.02 Å². The first kappa shape index (κ1) is 19.4. The Kier molecular flexibility index (Phi) is 6.22. The molecule has 6 heteroatoms. The Morgan fingerprint density at radius 3 is 2.72 bits per heavy atom. The van der Waals surface area contributed by atoms with Gasteiger partial charge in [0.05, 0.1) is 18.2 Å². The first-order valence-corrected chi connectivity index (χ1v) is 8.82. The summed E-state index contributed by atoms with van der Waals surface area (Å²) < 4.78 is 10.8. The molecule has 1 aliphatic heterocycles. The highest BCUT2D eigenvalue weighted by Crippen LogP contribution is 2.31. The fourth-order valence-electron chi connectivity index (χ4n) is 2.89. The summed E-state index contributed by atoms with van der Waals surface area (Å²) in [6.07, 6.45) is 2.28. The molecule has 1 aromatic rings. The van der Waals surface area contributed by atoms with Gasteiger partial charge in [-0.05, 0) is 39.3 Å². The summed E-state index contributed by atoms with van der Waals surface area (Å²) in [7, 11) is 1.60. The van der Waals surface area contributed by atoms with Crippen molar-refractivity contribution in [2.24, 2.45) is 0 Å². The lowest BCUT2D eigenvalue weighted by atomic mass is 10.1. The molecule has 5 nitrogen and oxygen atoms in total. The van der Waals surface area contributed by atoms with Crippen molar-refractivity contribution in [3.63, 3.8) is 0 Å². The lowest BCUT2D eigenvalue weighted by Gasteiger charge is -2.42. The van der Waals surface area contributed by atoms with Crippen molar-refractivity contribution in [3.05, 3.63) is 35.9 Å². The Balaban J connectivity index is 2.15. The van der Waals surface area contributed by atoms with Gasteiger partial charge in [-0.1, -0.05) is 17.7 Å². The summed E-state index contributed by atoms with van der Waals surface area (Å²) >= 11 is 6.11. The summed E-state index contributed by atoms with van der Waals surface area (Å²) in [6.45, 7) is 11.5. The molecule has 1 fully saturated rings. The molecule has 0 radical (unpaired) electrons. The molecule has 1 amide bonds. The van der Waals surface area contributed by atoms with E-state index in [1.807, 2.05) is 45.0 Å². The second kappa shape index (κ2) is 8.00. The van der Waals surface area contributed by atoms with Crippen LogP contribution in [0.5, 0.6) is 5.75 Å². The number of amides is 1. The van der Waals surface area contributed by atoms with Crippen molar-refractivity contribution in [3.8, 4) is 5.75 Å². The number of nitrogens with zero attached hydrogens (tertiary/aromatic N) is 2. The molecule has 0 saturated carbocycles. The summed E-state index contributed by atoms with van der Waals surface area (Å²) in [5, 5.41) is 0.585. The average molecular weight is 367 g/mol. The normalized spacial score (nSPS) is 18.0. The van der Waals surface area contributed by atoms with Crippen LogP contribution in [0.15, 0.2) is 30.9 Å². The van der Waals surface area contributed by atoms with Gasteiger partial charge in [0.1, 0.15) is 11.4 Å². The van der Waals surface area contributed by atoms with E-state index >= 15 is 0 Å². The molecule has 1 unspecified atom stereocenters. The third-order valence-electron chi connectivity index (χ3n) is 4.05. The Bertz CT molecular complexity index is 628. The van der Waals surface area contributed by atoms with Crippen LogP contribution in [-0.2, 0) is 4.74 Å². The molecular weight excluding hydrogens is 340 g/mol. The number of carbonyl (C=O) groups excluding carboxylic acids is 1. The van der Waals surface area contributed by atoms with Gasteiger partial charge in [-0.3, -0.25) is 0 Å². The van der Waals surface area contributed by atoms with Gasteiger partial charge >= 0.3 is 6.09 Å². The SMILES string of the molecule is C=CCC1CN(c2ccc(Cl)c(OC)c2)CCN1C(=O)OC(C)(C)C. The van der Waals surface area contributed by atoms with Crippen molar-refractivity contribution in [1.82, 2.24) is 4.90 Å². The lowest BCUT2D eigenvalue weighted by molar-refractivity contribution is 0.0143. The Labute approximate surface area is 155 Å². The smallest absolute Gasteiger partial charge is 0.410 e. The van der Waals surface area contributed by atoms with E-state index in [-0.39, 0.29) is 12.1 Å². The van der Waals surface area contributed by atoms with Crippen LogP contribution >= 0.6 is 11.6 Å². The number of hydrogen-bond acceptors (Lipinski definition) is 4. The van der Waals surface area contributed by atoms with E-state index in [0.717, 1.165) is 12.2 Å². The van der Waals surface area contributed by atoms with Gasteiger partial charge < -0.3 is 19.3 Å². The summed E-state index contributed by atoms with van der Waals surface area (Å²) in [4.78, 5) is 16.5. The molecule has 1 aliphatic rings. The molecule has 0 aromatic heterocycles. The number of methoxy groups -OCH3 is 1. The Morgan fingerprint density at radius 2 is 2.12 bits per heavy atom. The van der Waals surface area contributed by atoms with Gasteiger partial charge in [0, 0.05) is 31.4 Å². The molecule has 1 aromatic carbocycles. The summed E-state index contributed by atoms with van der Waals surface area (Å²) in [6, 6.07) is 5.75. The third-order valence-corrected chi connectivity index (χ3v) is 4.36. The molecule has 1 heterocycles. The molecule has 25 heavy (non-hydrogen) atoms. The first-order valence-electron chi connectivity index (χ1n) is 8.44. The average Bonchev–Trinajstić information content (AvgIpc) is 2.54.